The van der Waals surface area contributed by atoms with Crippen molar-refractivity contribution < 1.29 is 4.74 Å². The summed E-state index contributed by atoms with van der Waals surface area (Å²) in [6.45, 7) is 5.03. The normalized spacial score (nSPS) is 15.8. The molecule has 0 saturated carbocycles. The van der Waals surface area contributed by atoms with Crippen molar-refractivity contribution >= 4 is 5.69 Å². The Balaban J connectivity index is 1.85. The molecule has 0 unspecified atom stereocenters. The Morgan fingerprint density at radius 3 is 2.60 bits per heavy atom. The second-order valence-corrected chi connectivity index (χ2v) is 3.87. The number of ether oxygens (including phenoxy) is 1. The van der Waals surface area contributed by atoms with Gasteiger partial charge in [-0.15, -0.1) is 0 Å². The minimum Gasteiger partial charge on any atom is -0.494 e. The first-order valence-electron chi connectivity index (χ1n) is 5.58. The fourth-order valence-corrected chi connectivity index (χ4v) is 1.49. The van der Waals surface area contributed by atoms with E-state index in [4.69, 9.17) is 4.74 Å². The molecule has 2 rings (SSSR count). The van der Waals surface area contributed by atoms with Gasteiger partial charge < -0.3 is 15.4 Å². The van der Waals surface area contributed by atoms with Gasteiger partial charge >= 0.3 is 0 Å². The summed E-state index contributed by atoms with van der Waals surface area (Å²) in [6, 6.07) is 8.77. The zero-order valence-corrected chi connectivity index (χ0v) is 9.12. The van der Waals surface area contributed by atoms with Gasteiger partial charge in [0.25, 0.3) is 0 Å². The standard InChI is InChI=1S/C12H18N2O/c1-2-7-15-12-5-3-10(4-6-12)14-11-8-13-9-11/h3-6,11,13-14H,2,7-9H2,1H3. The minimum atomic E-state index is 0.590. The Hall–Kier alpha value is -1.22. The summed E-state index contributed by atoms with van der Waals surface area (Å²) >= 11 is 0. The van der Waals surface area contributed by atoms with Gasteiger partial charge in [0.15, 0.2) is 0 Å². The third kappa shape index (κ3) is 2.86. The van der Waals surface area contributed by atoms with Gasteiger partial charge in [0.2, 0.25) is 0 Å². The third-order valence-corrected chi connectivity index (χ3v) is 2.48. The molecule has 2 N–H and O–H groups in total. The highest BCUT2D eigenvalue weighted by Crippen LogP contribution is 2.17. The molecule has 1 fully saturated rings. The maximum Gasteiger partial charge on any atom is 0.119 e. The highest BCUT2D eigenvalue weighted by atomic mass is 16.5. The summed E-state index contributed by atoms with van der Waals surface area (Å²) in [6.07, 6.45) is 1.05. The molecule has 3 nitrogen and oxygen atoms in total. The summed E-state index contributed by atoms with van der Waals surface area (Å²) in [5, 5.41) is 6.68. The molecule has 1 saturated heterocycles. The van der Waals surface area contributed by atoms with Gasteiger partial charge in [-0.3, -0.25) is 0 Å². The molecule has 1 aliphatic heterocycles. The maximum atomic E-state index is 5.52. The summed E-state index contributed by atoms with van der Waals surface area (Å²) in [4.78, 5) is 0. The van der Waals surface area contributed by atoms with Crippen molar-refractivity contribution in [3.63, 3.8) is 0 Å². The van der Waals surface area contributed by atoms with Crippen molar-refractivity contribution in [3.05, 3.63) is 24.3 Å². The van der Waals surface area contributed by atoms with Crippen LogP contribution in [0.4, 0.5) is 5.69 Å². The van der Waals surface area contributed by atoms with Crippen LogP contribution in [0.2, 0.25) is 0 Å². The van der Waals surface area contributed by atoms with Crippen LogP contribution in [0.25, 0.3) is 0 Å². The van der Waals surface area contributed by atoms with Gasteiger partial charge in [-0.25, -0.2) is 0 Å². The predicted octanol–water partition coefficient (Wildman–Crippen LogP) is 1.86. The van der Waals surface area contributed by atoms with Gasteiger partial charge in [0.05, 0.1) is 12.6 Å². The monoisotopic (exact) mass is 206 g/mol. The van der Waals surface area contributed by atoms with Crippen LogP contribution in [0, 0.1) is 0 Å². The van der Waals surface area contributed by atoms with Gasteiger partial charge in [-0.1, -0.05) is 6.92 Å². The fourth-order valence-electron chi connectivity index (χ4n) is 1.49. The van der Waals surface area contributed by atoms with Crippen LogP contribution in [-0.4, -0.2) is 25.7 Å². The van der Waals surface area contributed by atoms with Crippen molar-refractivity contribution in [1.82, 2.24) is 5.32 Å². The lowest BCUT2D eigenvalue weighted by atomic mass is 10.1. The van der Waals surface area contributed by atoms with E-state index < -0.39 is 0 Å². The zero-order chi connectivity index (χ0) is 10.5. The Labute approximate surface area is 90.8 Å². The average Bonchev–Trinajstić information content (AvgIpc) is 2.22. The molecule has 3 heteroatoms. The Bertz CT molecular complexity index is 293. The first-order valence-corrected chi connectivity index (χ1v) is 5.58. The van der Waals surface area contributed by atoms with E-state index >= 15 is 0 Å². The smallest absolute Gasteiger partial charge is 0.119 e. The van der Waals surface area contributed by atoms with Crippen molar-refractivity contribution in [3.8, 4) is 5.75 Å². The fraction of sp³-hybridized carbons (Fsp3) is 0.500. The molecule has 0 amide bonds. The summed E-state index contributed by atoms with van der Waals surface area (Å²) in [5.41, 5.74) is 1.17. The van der Waals surface area contributed by atoms with E-state index in [1.54, 1.807) is 0 Å². The minimum absolute atomic E-state index is 0.590. The predicted molar refractivity (Wildman–Crippen MR) is 62.5 cm³/mol. The van der Waals surface area contributed by atoms with Gasteiger partial charge in [-0.2, -0.15) is 0 Å². The Morgan fingerprint density at radius 2 is 2.07 bits per heavy atom. The van der Waals surface area contributed by atoms with E-state index in [1.165, 1.54) is 5.69 Å². The van der Waals surface area contributed by atoms with Crippen LogP contribution < -0.4 is 15.4 Å². The highest BCUT2D eigenvalue weighted by molar-refractivity contribution is 5.47. The SMILES string of the molecule is CCCOc1ccc(NC2CNC2)cc1. The Morgan fingerprint density at radius 1 is 1.33 bits per heavy atom. The molecule has 82 valence electrons. The molecular weight excluding hydrogens is 188 g/mol. The molecule has 1 aromatic rings. The maximum absolute atomic E-state index is 5.52. The number of hydrogen-bond acceptors (Lipinski definition) is 3. The molecular formula is C12H18N2O. The largest absolute Gasteiger partial charge is 0.494 e. The molecule has 0 bridgehead atoms. The van der Waals surface area contributed by atoms with Crippen LogP contribution in [0.5, 0.6) is 5.75 Å². The van der Waals surface area contributed by atoms with Gasteiger partial charge in [-0.05, 0) is 30.7 Å². The van der Waals surface area contributed by atoms with Gasteiger partial charge in [0.1, 0.15) is 5.75 Å². The topological polar surface area (TPSA) is 33.3 Å². The molecule has 1 heterocycles. The molecule has 0 aliphatic carbocycles. The van der Waals surface area contributed by atoms with E-state index in [0.29, 0.717) is 6.04 Å². The van der Waals surface area contributed by atoms with Crippen molar-refractivity contribution in [2.45, 2.75) is 19.4 Å². The first-order chi connectivity index (χ1) is 7.38. The molecule has 0 aromatic heterocycles. The highest BCUT2D eigenvalue weighted by Gasteiger charge is 2.15. The van der Waals surface area contributed by atoms with E-state index in [0.717, 1.165) is 31.9 Å². The summed E-state index contributed by atoms with van der Waals surface area (Å²) < 4.78 is 5.52. The molecule has 0 radical (unpaired) electrons. The van der Waals surface area contributed by atoms with Crippen molar-refractivity contribution in [2.75, 3.05) is 25.0 Å². The number of benzene rings is 1. The number of nitrogens with one attached hydrogen (secondary N) is 2. The van der Waals surface area contributed by atoms with E-state index in [1.807, 2.05) is 12.1 Å². The molecule has 15 heavy (non-hydrogen) atoms. The summed E-state index contributed by atoms with van der Waals surface area (Å²) in [7, 11) is 0. The number of rotatable bonds is 5. The lowest BCUT2D eigenvalue weighted by Gasteiger charge is -2.29. The second kappa shape index (κ2) is 5.03. The zero-order valence-electron chi connectivity index (χ0n) is 9.12. The van der Waals surface area contributed by atoms with Crippen LogP contribution in [-0.2, 0) is 0 Å². The average molecular weight is 206 g/mol. The van der Waals surface area contributed by atoms with E-state index in [2.05, 4.69) is 29.7 Å². The number of anilines is 1. The van der Waals surface area contributed by atoms with Crippen LogP contribution in [0.1, 0.15) is 13.3 Å². The molecule has 0 atom stereocenters. The van der Waals surface area contributed by atoms with Crippen LogP contribution in [0.3, 0.4) is 0 Å². The lowest BCUT2D eigenvalue weighted by molar-refractivity contribution is 0.317. The first kappa shape index (κ1) is 10.3. The van der Waals surface area contributed by atoms with E-state index in [9.17, 15) is 0 Å². The van der Waals surface area contributed by atoms with Crippen LogP contribution in [0.15, 0.2) is 24.3 Å². The van der Waals surface area contributed by atoms with Crippen LogP contribution >= 0.6 is 0 Å². The summed E-state index contributed by atoms with van der Waals surface area (Å²) in [5.74, 6) is 0.953. The van der Waals surface area contributed by atoms with Crippen molar-refractivity contribution in [2.24, 2.45) is 0 Å². The van der Waals surface area contributed by atoms with E-state index in [-0.39, 0.29) is 0 Å². The number of hydrogen-bond donors (Lipinski definition) is 2. The lowest BCUT2D eigenvalue weighted by Crippen LogP contribution is -2.51. The van der Waals surface area contributed by atoms with Gasteiger partial charge in [0, 0.05) is 18.8 Å². The quantitative estimate of drug-likeness (QED) is 0.771. The third-order valence-electron chi connectivity index (χ3n) is 2.48. The second-order valence-electron chi connectivity index (χ2n) is 3.87. The molecule has 1 aromatic carbocycles. The van der Waals surface area contributed by atoms with Crippen molar-refractivity contribution in [1.29, 1.82) is 0 Å². The Kier molecular flexibility index (Phi) is 3.45. The molecule has 0 spiro atoms. The molecule has 1 aliphatic rings.